The first kappa shape index (κ1) is 11.5. The zero-order valence-corrected chi connectivity index (χ0v) is 10.5. The van der Waals surface area contributed by atoms with Crippen LogP contribution in [0, 0.1) is 17.8 Å². The average molecular weight is 237 g/mol. The van der Waals surface area contributed by atoms with Crippen LogP contribution in [0.2, 0.25) is 0 Å². The zero-order chi connectivity index (χ0) is 11.8. The molecule has 0 radical (unpaired) electrons. The summed E-state index contributed by atoms with van der Waals surface area (Å²) in [5.74, 6) is 1.39. The lowest BCUT2D eigenvalue weighted by Crippen LogP contribution is -2.54. The second-order valence-electron chi connectivity index (χ2n) is 6.17. The van der Waals surface area contributed by atoms with Gasteiger partial charge in [0.1, 0.15) is 0 Å². The molecule has 3 nitrogen and oxygen atoms in total. The first-order valence-electron chi connectivity index (χ1n) is 7.22. The van der Waals surface area contributed by atoms with Gasteiger partial charge in [0.25, 0.3) is 0 Å². The number of carbonyl (C=O) groups is 1. The fourth-order valence-electron chi connectivity index (χ4n) is 4.02. The number of piperidine rings is 1. The largest absolute Gasteiger partial charge is 0.392 e. The second kappa shape index (κ2) is 4.60. The lowest BCUT2D eigenvalue weighted by molar-refractivity contribution is -0.143. The van der Waals surface area contributed by atoms with Crippen LogP contribution in [0.4, 0.5) is 0 Å². The first-order valence-corrected chi connectivity index (χ1v) is 7.22. The van der Waals surface area contributed by atoms with Gasteiger partial charge in [-0.15, -0.1) is 0 Å². The Morgan fingerprint density at radius 2 is 1.53 bits per heavy atom. The van der Waals surface area contributed by atoms with Crippen LogP contribution in [0.3, 0.4) is 0 Å². The molecule has 0 aromatic rings. The molecule has 1 aliphatic heterocycles. The highest BCUT2D eigenvalue weighted by molar-refractivity contribution is 5.79. The Labute approximate surface area is 103 Å². The maximum absolute atomic E-state index is 12.4. The van der Waals surface area contributed by atoms with E-state index in [-0.39, 0.29) is 6.10 Å². The molecule has 0 aromatic heterocycles. The van der Waals surface area contributed by atoms with Gasteiger partial charge in [-0.25, -0.2) is 0 Å². The number of aliphatic hydroxyl groups is 1. The van der Waals surface area contributed by atoms with Crippen LogP contribution in [-0.2, 0) is 4.79 Å². The van der Waals surface area contributed by atoms with E-state index in [0.717, 1.165) is 38.8 Å². The third-order valence-corrected chi connectivity index (χ3v) is 5.04. The third kappa shape index (κ3) is 2.10. The Balaban J connectivity index is 1.66. The van der Waals surface area contributed by atoms with Gasteiger partial charge in [0.2, 0.25) is 5.91 Å². The summed E-state index contributed by atoms with van der Waals surface area (Å²) in [4.78, 5) is 14.4. The number of aliphatic hydroxyl groups excluding tert-OH is 1. The van der Waals surface area contributed by atoms with Crippen LogP contribution in [0.25, 0.3) is 0 Å². The summed E-state index contributed by atoms with van der Waals surface area (Å²) in [6.07, 6.45) is 7.92. The van der Waals surface area contributed by atoms with E-state index in [1.165, 1.54) is 19.3 Å². The fraction of sp³-hybridized carbons (Fsp3) is 0.929. The molecule has 96 valence electrons. The molecular weight excluding hydrogens is 214 g/mol. The van der Waals surface area contributed by atoms with Gasteiger partial charge in [0, 0.05) is 30.8 Å². The lowest BCUT2D eigenvalue weighted by Gasteiger charge is -2.45. The Morgan fingerprint density at radius 3 is 2.12 bits per heavy atom. The quantitative estimate of drug-likeness (QED) is 0.755. The van der Waals surface area contributed by atoms with Crippen molar-refractivity contribution in [2.75, 3.05) is 13.1 Å². The number of rotatable bonds is 1. The second-order valence-corrected chi connectivity index (χ2v) is 6.17. The van der Waals surface area contributed by atoms with E-state index in [1.54, 1.807) is 0 Å². The normalized spacial score (nSPS) is 38.4. The van der Waals surface area contributed by atoms with Crippen molar-refractivity contribution in [3.8, 4) is 0 Å². The number of nitrogens with zero attached hydrogens (tertiary/aromatic N) is 1. The number of fused-ring (bicyclic) bond motifs is 2. The van der Waals surface area contributed by atoms with Crippen molar-refractivity contribution in [2.24, 2.45) is 17.8 Å². The average Bonchev–Trinajstić information content (AvgIpc) is 2.81. The van der Waals surface area contributed by atoms with E-state index in [4.69, 9.17) is 0 Å². The number of carbonyl (C=O) groups excluding carboxylic acids is 1. The van der Waals surface area contributed by atoms with Crippen LogP contribution in [0.15, 0.2) is 0 Å². The van der Waals surface area contributed by atoms with Crippen molar-refractivity contribution in [1.29, 1.82) is 0 Å². The van der Waals surface area contributed by atoms with Crippen LogP contribution in [0.5, 0.6) is 0 Å². The molecule has 2 aliphatic carbocycles. The molecule has 1 heterocycles. The third-order valence-electron chi connectivity index (χ3n) is 5.04. The summed E-state index contributed by atoms with van der Waals surface area (Å²) < 4.78 is 0. The first-order chi connectivity index (χ1) is 8.25. The summed E-state index contributed by atoms with van der Waals surface area (Å²) in [5.41, 5.74) is 0. The van der Waals surface area contributed by atoms with E-state index in [0.29, 0.717) is 23.7 Å². The van der Waals surface area contributed by atoms with Gasteiger partial charge in [0.05, 0.1) is 6.10 Å². The van der Waals surface area contributed by atoms with Crippen LogP contribution in [0.1, 0.15) is 44.9 Å². The van der Waals surface area contributed by atoms with E-state index in [1.807, 2.05) is 0 Å². The number of hydrogen-bond donors (Lipinski definition) is 1. The van der Waals surface area contributed by atoms with Gasteiger partial charge in [0.15, 0.2) is 0 Å². The standard InChI is InChI=1S/C14H23NO2/c16-13-11-6-3-7-12(13)9-15(8-11)14(17)10-4-1-2-5-10/h10-13,16H,1-9H2. The van der Waals surface area contributed by atoms with Crippen molar-refractivity contribution in [3.05, 3.63) is 0 Å². The summed E-state index contributed by atoms with van der Waals surface area (Å²) >= 11 is 0. The molecule has 2 bridgehead atoms. The maximum atomic E-state index is 12.4. The van der Waals surface area contributed by atoms with E-state index >= 15 is 0 Å². The topological polar surface area (TPSA) is 40.5 Å². The highest BCUT2D eigenvalue weighted by Gasteiger charge is 2.41. The summed E-state index contributed by atoms with van der Waals surface area (Å²) in [5, 5.41) is 10.1. The van der Waals surface area contributed by atoms with Crippen molar-refractivity contribution < 1.29 is 9.90 Å². The molecule has 0 aromatic carbocycles. The van der Waals surface area contributed by atoms with Gasteiger partial charge in [-0.2, -0.15) is 0 Å². The Hall–Kier alpha value is -0.570. The SMILES string of the molecule is O=C(C1CCCC1)N1CC2CCCC(C1)C2O. The monoisotopic (exact) mass is 237 g/mol. The van der Waals surface area contributed by atoms with Crippen LogP contribution in [-0.4, -0.2) is 35.1 Å². The fourth-order valence-corrected chi connectivity index (χ4v) is 4.02. The molecule has 2 unspecified atom stereocenters. The highest BCUT2D eigenvalue weighted by atomic mass is 16.3. The molecule has 1 saturated heterocycles. The van der Waals surface area contributed by atoms with Gasteiger partial charge in [-0.3, -0.25) is 4.79 Å². The molecule has 2 saturated carbocycles. The molecule has 3 heteroatoms. The summed E-state index contributed by atoms with van der Waals surface area (Å²) in [6, 6.07) is 0. The minimum absolute atomic E-state index is 0.142. The van der Waals surface area contributed by atoms with Crippen molar-refractivity contribution in [1.82, 2.24) is 4.90 Å². The molecular formula is C14H23NO2. The van der Waals surface area contributed by atoms with Crippen LogP contribution >= 0.6 is 0 Å². The molecule has 3 aliphatic rings. The van der Waals surface area contributed by atoms with Gasteiger partial charge < -0.3 is 10.0 Å². The van der Waals surface area contributed by atoms with E-state index in [2.05, 4.69) is 4.90 Å². The molecule has 0 spiro atoms. The molecule has 1 amide bonds. The highest BCUT2D eigenvalue weighted by Crippen LogP contribution is 2.36. The minimum Gasteiger partial charge on any atom is -0.392 e. The van der Waals surface area contributed by atoms with Gasteiger partial charge in [-0.1, -0.05) is 19.3 Å². The number of hydrogen-bond acceptors (Lipinski definition) is 2. The van der Waals surface area contributed by atoms with Gasteiger partial charge >= 0.3 is 0 Å². The van der Waals surface area contributed by atoms with E-state index in [9.17, 15) is 9.90 Å². The Morgan fingerprint density at radius 1 is 0.941 bits per heavy atom. The van der Waals surface area contributed by atoms with Crippen molar-refractivity contribution >= 4 is 5.91 Å². The summed E-state index contributed by atoms with van der Waals surface area (Å²) in [7, 11) is 0. The molecule has 17 heavy (non-hydrogen) atoms. The lowest BCUT2D eigenvalue weighted by atomic mass is 9.75. The van der Waals surface area contributed by atoms with Crippen molar-refractivity contribution in [3.63, 3.8) is 0 Å². The smallest absolute Gasteiger partial charge is 0.225 e. The Bertz CT molecular complexity index is 285. The molecule has 2 atom stereocenters. The number of likely N-dealkylation sites (tertiary alicyclic amines) is 1. The maximum Gasteiger partial charge on any atom is 0.225 e. The predicted octanol–water partition coefficient (Wildman–Crippen LogP) is 1.80. The molecule has 1 N–H and O–H groups in total. The molecule has 3 rings (SSSR count). The van der Waals surface area contributed by atoms with Crippen molar-refractivity contribution in [2.45, 2.75) is 51.0 Å². The zero-order valence-electron chi connectivity index (χ0n) is 10.5. The Kier molecular flexibility index (Phi) is 3.12. The summed E-state index contributed by atoms with van der Waals surface area (Å²) in [6.45, 7) is 1.62. The van der Waals surface area contributed by atoms with E-state index < -0.39 is 0 Å². The minimum atomic E-state index is -0.142. The molecule has 3 fully saturated rings. The predicted molar refractivity (Wildman–Crippen MR) is 65.4 cm³/mol. The van der Waals surface area contributed by atoms with Crippen LogP contribution < -0.4 is 0 Å². The number of amides is 1. The van der Waals surface area contributed by atoms with Gasteiger partial charge in [-0.05, 0) is 25.7 Å².